The molecule has 2 atom stereocenters. The van der Waals surface area contributed by atoms with Crippen LogP contribution in [0.2, 0.25) is 0 Å². The SMILES string of the molecule is CCCCCCC/C=C\C/C=C\CCCCCCCCCCCCCCCCCCCCCCCCCCCCCCCC(=O)NC(CO)C(O)/C=C/CC/C=C/CC/C=C/CCCCCCCCCCCCCCCCCCC. The summed E-state index contributed by atoms with van der Waals surface area (Å²) in [7, 11) is 0. The van der Waals surface area contributed by atoms with Crippen LogP contribution < -0.4 is 5.32 Å². The molecule has 0 saturated heterocycles. The Kier molecular flexibility index (Phi) is 69.6. The molecule has 80 heavy (non-hydrogen) atoms. The molecule has 0 rings (SSSR count). The third kappa shape index (κ3) is 66.9. The molecule has 0 fully saturated rings. The molecule has 0 aliphatic heterocycles. The van der Waals surface area contributed by atoms with Crippen LogP contribution in [0.15, 0.2) is 60.8 Å². The van der Waals surface area contributed by atoms with E-state index in [1.54, 1.807) is 6.08 Å². The van der Waals surface area contributed by atoms with Crippen LogP contribution >= 0.6 is 0 Å². The minimum Gasteiger partial charge on any atom is -0.394 e. The molecule has 0 radical (unpaired) electrons. The van der Waals surface area contributed by atoms with Gasteiger partial charge in [-0.3, -0.25) is 4.79 Å². The van der Waals surface area contributed by atoms with E-state index in [1.165, 1.54) is 334 Å². The predicted molar refractivity (Wildman–Crippen MR) is 359 cm³/mol. The zero-order chi connectivity index (χ0) is 57.6. The highest BCUT2D eigenvalue weighted by Crippen LogP contribution is 2.19. The van der Waals surface area contributed by atoms with Gasteiger partial charge in [0, 0.05) is 6.42 Å². The van der Waals surface area contributed by atoms with E-state index in [4.69, 9.17) is 0 Å². The molecule has 1 amide bonds. The molecule has 2 unspecified atom stereocenters. The van der Waals surface area contributed by atoms with E-state index in [9.17, 15) is 15.0 Å². The summed E-state index contributed by atoms with van der Waals surface area (Å²) in [5.74, 6) is -0.0707. The Bertz CT molecular complexity index is 1310. The quantitative estimate of drug-likeness (QED) is 0.0420. The number of aliphatic hydroxyl groups excluding tert-OH is 2. The Labute approximate surface area is 502 Å². The van der Waals surface area contributed by atoms with E-state index in [1.807, 2.05) is 6.08 Å². The second kappa shape index (κ2) is 71.4. The lowest BCUT2D eigenvalue weighted by Crippen LogP contribution is -2.45. The molecular formula is C76H143NO3. The number of carbonyl (C=O) groups excluding carboxylic acids is 1. The van der Waals surface area contributed by atoms with Gasteiger partial charge in [-0.1, -0.05) is 376 Å². The van der Waals surface area contributed by atoms with E-state index in [-0.39, 0.29) is 12.5 Å². The zero-order valence-corrected chi connectivity index (χ0v) is 54.4. The predicted octanol–water partition coefficient (Wildman–Crippen LogP) is 25.1. The van der Waals surface area contributed by atoms with Gasteiger partial charge in [0.2, 0.25) is 5.91 Å². The van der Waals surface area contributed by atoms with Crippen molar-refractivity contribution >= 4 is 5.91 Å². The molecule has 0 aromatic heterocycles. The van der Waals surface area contributed by atoms with E-state index in [0.717, 1.165) is 44.9 Å². The number of amides is 1. The third-order valence-corrected chi connectivity index (χ3v) is 17.0. The van der Waals surface area contributed by atoms with Crippen molar-refractivity contribution in [1.82, 2.24) is 5.32 Å². The molecule has 0 aliphatic rings. The normalized spacial score (nSPS) is 13.0. The van der Waals surface area contributed by atoms with Gasteiger partial charge in [-0.2, -0.15) is 0 Å². The summed E-state index contributed by atoms with van der Waals surface area (Å²) in [6.45, 7) is 4.32. The molecule has 0 bridgehead atoms. The topological polar surface area (TPSA) is 69.6 Å². The van der Waals surface area contributed by atoms with Gasteiger partial charge in [0.1, 0.15) is 0 Å². The second-order valence-corrected chi connectivity index (χ2v) is 25.0. The Hall–Kier alpha value is -1.91. The lowest BCUT2D eigenvalue weighted by molar-refractivity contribution is -0.123. The number of nitrogens with one attached hydrogen (secondary N) is 1. The summed E-state index contributed by atoms with van der Waals surface area (Å²) in [6, 6.07) is -0.647. The van der Waals surface area contributed by atoms with Crippen LogP contribution in [-0.4, -0.2) is 34.9 Å². The molecule has 0 aliphatic carbocycles. The molecule has 0 saturated carbocycles. The van der Waals surface area contributed by atoms with Crippen molar-refractivity contribution in [3.63, 3.8) is 0 Å². The summed E-state index contributed by atoms with van der Waals surface area (Å²) in [4.78, 5) is 12.5. The van der Waals surface area contributed by atoms with Gasteiger partial charge < -0.3 is 15.5 Å². The summed E-state index contributed by atoms with van der Waals surface area (Å²) in [5, 5.41) is 23.3. The minimum atomic E-state index is -0.872. The number of allylic oxidation sites excluding steroid dienone is 9. The third-order valence-electron chi connectivity index (χ3n) is 17.0. The highest BCUT2D eigenvalue weighted by molar-refractivity contribution is 5.76. The first kappa shape index (κ1) is 78.1. The Morgan fingerprint density at radius 3 is 0.800 bits per heavy atom. The second-order valence-electron chi connectivity index (χ2n) is 25.0. The molecule has 0 heterocycles. The number of unbranched alkanes of at least 4 members (excludes halogenated alkanes) is 53. The van der Waals surface area contributed by atoms with Gasteiger partial charge in [0.25, 0.3) is 0 Å². The van der Waals surface area contributed by atoms with Crippen molar-refractivity contribution < 1.29 is 15.0 Å². The van der Waals surface area contributed by atoms with E-state index in [2.05, 4.69) is 67.8 Å². The Morgan fingerprint density at radius 2 is 0.525 bits per heavy atom. The molecule has 0 spiro atoms. The van der Waals surface area contributed by atoms with Crippen LogP contribution in [0.1, 0.15) is 399 Å². The summed E-state index contributed by atoms with van der Waals surface area (Å²) in [6.07, 6.45) is 102. The number of rotatable bonds is 68. The van der Waals surface area contributed by atoms with E-state index >= 15 is 0 Å². The van der Waals surface area contributed by atoms with Crippen molar-refractivity contribution in [2.75, 3.05) is 6.61 Å². The van der Waals surface area contributed by atoms with Crippen LogP contribution in [0.5, 0.6) is 0 Å². The van der Waals surface area contributed by atoms with Crippen molar-refractivity contribution in [3.8, 4) is 0 Å². The number of hydrogen-bond acceptors (Lipinski definition) is 3. The number of hydrogen-bond donors (Lipinski definition) is 3. The molecule has 3 N–H and O–H groups in total. The maximum Gasteiger partial charge on any atom is 0.220 e. The van der Waals surface area contributed by atoms with Crippen LogP contribution in [0.25, 0.3) is 0 Å². The highest BCUT2D eigenvalue weighted by atomic mass is 16.3. The van der Waals surface area contributed by atoms with Gasteiger partial charge in [0.15, 0.2) is 0 Å². The average molecular weight is 1120 g/mol. The first-order chi connectivity index (χ1) is 39.7. The standard InChI is InChI=1S/C76H143NO3/c1-3-5-7-9-11-13-15-17-19-21-23-25-27-29-31-32-33-34-35-36-37-38-39-40-41-42-43-44-46-48-50-52-54-56-58-60-62-64-66-68-70-72-76(80)77-74(73-78)75(79)71-69-67-65-63-61-59-57-55-53-51-49-47-45-30-28-26-24-22-20-18-16-14-12-10-8-6-4-2/h15,17,21,23,53,55,61,63,69,71,74-75,78-79H,3-14,16,18-20,22,24-52,54,56-60,62,64-68,70,72-73H2,1-2H3,(H,77,80)/b17-15-,23-21-,55-53+,63-61+,71-69+. The fraction of sp³-hybridized carbons (Fsp3) is 0.855. The molecule has 4 nitrogen and oxygen atoms in total. The number of carbonyl (C=O) groups is 1. The molecule has 4 heteroatoms. The summed E-state index contributed by atoms with van der Waals surface area (Å²) >= 11 is 0. The fourth-order valence-corrected chi connectivity index (χ4v) is 11.4. The summed E-state index contributed by atoms with van der Waals surface area (Å²) < 4.78 is 0. The van der Waals surface area contributed by atoms with Crippen molar-refractivity contribution in [2.24, 2.45) is 0 Å². The van der Waals surface area contributed by atoms with Crippen molar-refractivity contribution in [2.45, 2.75) is 411 Å². The van der Waals surface area contributed by atoms with Gasteiger partial charge >= 0.3 is 0 Å². The molecular weight excluding hydrogens is 975 g/mol. The maximum absolute atomic E-state index is 12.5. The Balaban J connectivity index is 3.44. The first-order valence-corrected chi connectivity index (χ1v) is 36.5. The van der Waals surface area contributed by atoms with Crippen LogP contribution in [0.4, 0.5) is 0 Å². The molecule has 470 valence electrons. The minimum absolute atomic E-state index is 0.0707. The molecule has 0 aromatic carbocycles. The lowest BCUT2D eigenvalue weighted by Gasteiger charge is -2.19. The monoisotopic (exact) mass is 1120 g/mol. The zero-order valence-electron chi connectivity index (χ0n) is 54.4. The average Bonchev–Trinajstić information content (AvgIpc) is 3.46. The van der Waals surface area contributed by atoms with Crippen LogP contribution in [-0.2, 0) is 4.79 Å². The summed E-state index contributed by atoms with van der Waals surface area (Å²) in [5.41, 5.74) is 0. The first-order valence-electron chi connectivity index (χ1n) is 36.5. The lowest BCUT2D eigenvalue weighted by atomic mass is 10.0. The highest BCUT2D eigenvalue weighted by Gasteiger charge is 2.18. The van der Waals surface area contributed by atoms with E-state index < -0.39 is 12.1 Å². The van der Waals surface area contributed by atoms with Crippen LogP contribution in [0.3, 0.4) is 0 Å². The smallest absolute Gasteiger partial charge is 0.220 e. The van der Waals surface area contributed by atoms with Gasteiger partial charge in [0.05, 0.1) is 18.8 Å². The van der Waals surface area contributed by atoms with Gasteiger partial charge in [-0.15, -0.1) is 0 Å². The fourth-order valence-electron chi connectivity index (χ4n) is 11.4. The van der Waals surface area contributed by atoms with Gasteiger partial charge in [-0.25, -0.2) is 0 Å². The van der Waals surface area contributed by atoms with Crippen molar-refractivity contribution in [3.05, 3.63) is 60.8 Å². The maximum atomic E-state index is 12.5. The number of aliphatic hydroxyl groups is 2. The van der Waals surface area contributed by atoms with Crippen molar-refractivity contribution in [1.29, 1.82) is 0 Å². The van der Waals surface area contributed by atoms with E-state index in [0.29, 0.717) is 6.42 Å². The van der Waals surface area contributed by atoms with Gasteiger partial charge in [-0.05, 0) is 77.0 Å². The molecule has 0 aromatic rings. The Morgan fingerprint density at radius 1 is 0.300 bits per heavy atom. The van der Waals surface area contributed by atoms with Crippen LogP contribution in [0, 0.1) is 0 Å². The largest absolute Gasteiger partial charge is 0.394 e.